The Morgan fingerprint density at radius 3 is 2.50 bits per heavy atom. The molecule has 2 rings (SSSR count). The summed E-state index contributed by atoms with van der Waals surface area (Å²) in [6.45, 7) is 7.64. The molecular weight excluding hydrogens is 254 g/mol. The van der Waals surface area contributed by atoms with Crippen molar-refractivity contribution < 1.29 is 14.7 Å². The van der Waals surface area contributed by atoms with E-state index in [4.69, 9.17) is 5.11 Å². The van der Waals surface area contributed by atoms with Gasteiger partial charge in [-0.2, -0.15) is 0 Å². The number of carbonyl (C=O) groups excluding carboxylic acids is 1. The van der Waals surface area contributed by atoms with Gasteiger partial charge in [-0.3, -0.25) is 9.59 Å². The molecule has 0 spiro atoms. The molecule has 0 radical (unpaired) electrons. The minimum Gasteiger partial charge on any atom is -0.481 e. The third kappa shape index (κ3) is 3.33. The summed E-state index contributed by atoms with van der Waals surface area (Å²) in [5.41, 5.74) is 0.267. The molecular formula is C16H27NO3. The van der Waals surface area contributed by atoms with Gasteiger partial charge in [0, 0.05) is 19.0 Å². The summed E-state index contributed by atoms with van der Waals surface area (Å²) in [7, 11) is 0. The smallest absolute Gasteiger partial charge is 0.306 e. The lowest BCUT2D eigenvalue weighted by molar-refractivity contribution is -0.150. The summed E-state index contributed by atoms with van der Waals surface area (Å²) >= 11 is 0. The molecule has 0 aromatic rings. The second-order valence-corrected chi connectivity index (χ2v) is 7.45. The van der Waals surface area contributed by atoms with Crippen LogP contribution in [0.4, 0.5) is 0 Å². The minimum absolute atomic E-state index is 0.0572. The van der Waals surface area contributed by atoms with E-state index in [-0.39, 0.29) is 29.1 Å². The highest BCUT2D eigenvalue weighted by Crippen LogP contribution is 2.39. The predicted molar refractivity (Wildman–Crippen MR) is 77.2 cm³/mol. The normalized spacial score (nSPS) is 33.8. The Hall–Kier alpha value is -1.06. The van der Waals surface area contributed by atoms with Crippen LogP contribution in [-0.4, -0.2) is 35.0 Å². The third-order valence-corrected chi connectivity index (χ3v) is 5.09. The zero-order valence-electron chi connectivity index (χ0n) is 12.9. The van der Waals surface area contributed by atoms with E-state index in [9.17, 15) is 9.59 Å². The SMILES string of the molecule is CC1CN(C(=O)C2CCCC(C)(C)C2)CCC1C(=O)O. The fourth-order valence-corrected chi connectivity index (χ4v) is 3.88. The van der Waals surface area contributed by atoms with Gasteiger partial charge in [0.15, 0.2) is 0 Å². The van der Waals surface area contributed by atoms with E-state index in [1.165, 1.54) is 6.42 Å². The molecule has 1 saturated carbocycles. The minimum atomic E-state index is -0.719. The molecule has 0 aromatic carbocycles. The van der Waals surface area contributed by atoms with Gasteiger partial charge in [-0.25, -0.2) is 0 Å². The van der Waals surface area contributed by atoms with E-state index in [0.29, 0.717) is 19.5 Å². The van der Waals surface area contributed by atoms with Gasteiger partial charge in [0.1, 0.15) is 0 Å². The highest BCUT2D eigenvalue weighted by molar-refractivity contribution is 5.79. The van der Waals surface area contributed by atoms with Crippen LogP contribution < -0.4 is 0 Å². The maximum atomic E-state index is 12.6. The summed E-state index contributed by atoms with van der Waals surface area (Å²) < 4.78 is 0. The van der Waals surface area contributed by atoms with Crippen LogP contribution in [0.2, 0.25) is 0 Å². The zero-order chi connectivity index (χ0) is 14.9. The van der Waals surface area contributed by atoms with Crippen LogP contribution in [0.1, 0.15) is 52.9 Å². The monoisotopic (exact) mass is 281 g/mol. The molecule has 1 heterocycles. The van der Waals surface area contributed by atoms with Gasteiger partial charge in [0.25, 0.3) is 0 Å². The second kappa shape index (κ2) is 5.74. The van der Waals surface area contributed by atoms with Crippen LogP contribution in [0.15, 0.2) is 0 Å². The molecule has 1 aliphatic carbocycles. The van der Waals surface area contributed by atoms with Gasteiger partial charge in [0.2, 0.25) is 5.91 Å². The molecule has 2 fully saturated rings. The van der Waals surface area contributed by atoms with Crippen LogP contribution in [0.5, 0.6) is 0 Å². The quantitative estimate of drug-likeness (QED) is 0.846. The van der Waals surface area contributed by atoms with Gasteiger partial charge in [0.05, 0.1) is 5.92 Å². The number of piperidine rings is 1. The van der Waals surface area contributed by atoms with Crippen molar-refractivity contribution >= 4 is 11.9 Å². The Kier molecular flexibility index (Phi) is 4.40. The Balaban J connectivity index is 1.95. The average molecular weight is 281 g/mol. The number of aliphatic carboxylic acids is 1. The highest BCUT2D eigenvalue weighted by atomic mass is 16.4. The van der Waals surface area contributed by atoms with Gasteiger partial charge >= 0.3 is 5.97 Å². The van der Waals surface area contributed by atoms with Crippen molar-refractivity contribution in [2.75, 3.05) is 13.1 Å². The molecule has 1 amide bonds. The lowest BCUT2D eigenvalue weighted by Gasteiger charge is -2.40. The largest absolute Gasteiger partial charge is 0.481 e. The third-order valence-electron chi connectivity index (χ3n) is 5.09. The molecule has 4 heteroatoms. The average Bonchev–Trinajstić information content (AvgIpc) is 2.36. The number of hydrogen-bond donors (Lipinski definition) is 1. The molecule has 0 bridgehead atoms. The van der Waals surface area contributed by atoms with Crippen LogP contribution >= 0.6 is 0 Å². The molecule has 0 aromatic heterocycles. The van der Waals surface area contributed by atoms with Crippen LogP contribution in [0, 0.1) is 23.2 Å². The van der Waals surface area contributed by atoms with Crippen molar-refractivity contribution in [2.45, 2.75) is 52.9 Å². The first-order valence-corrected chi connectivity index (χ1v) is 7.82. The first-order chi connectivity index (χ1) is 9.30. The number of nitrogens with zero attached hydrogens (tertiary/aromatic N) is 1. The highest BCUT2D eigenvalue weighted by Gasteiger charge is 2.38. The Labute approximate surface area is 121 Å². The molecule has 3 atom stereocenters. The van der Waals surface area contributed by atoms with Gasteiger partial charge in [-0.15, -0.1) is 0 Å². The van der Waals surface area contributed by atoms with E-state index in [0.717, 1.165) is 19.3 Å². The van der Waals surface area contributed by atoms with Crippen molar-refractivity contribution in [3.8, 4) is 0 Å². The summed E-state index contributed by atoms with van der Waals surface area (Å²) in [4.78, 5) is 25.7. The van der Waals surface area contributed by atoms with Gasteiger partial charge < -0.3 is 10.0 Å². The number of carbonyl (C=O) groups is 2. The lowest BCUT2D eigenvalue weighted by atomic mass is 9.71. The summed E-state index contributed by atoms with van der Waals surface area (Å²) in [5.74, 6) is -0.548. The maximum Gasteiger partial charge on any atom is 0.306 e. The van der Waals surface area contributed by atoms with E-state index in [2.05, 4.69) is 13.8 Å². The first-order valence-electron chi connectivity index (χ1n) is 7.82. The van der Waals surface area contributed by atoms with Crippen molar-refractivity contribution in [1.82, 2.24) is 4.90 Å². The Morgan fingerprint density at radius 2 is 1.95 bits per heavy atom. The number of hydrogen-bond acceptors (Lipinski definition) is 2. The van der Waals surface area contributed by atoms with Crippen molar-refractivity contribution in [1.29, 1.82) is 0 Å². The molecule has 114 valence electrons. The number of likely N-dealkylation sites (tertiary alicyclic amines) is 1. The lowest BCUT2D eigenvalue weighted by Crippen LogP contribution is -2.48. The molecule has 2 aliphatic rings. The van der Waals surface area contributed by atoms with Gasteiger partial charge in [-0.1, -0.05) is 27.2 Å². The number of rotatable bonds is 2. The van der Waals surface area contributed by atoms with E-state index >= 15 is 0 Å². The Morgan fingerprint density at radius 1 is 1.25 bits per heavy atom. The summed E-state index contributed by atoms with van der Waals surface area (Å²) in [6, 6.07) is 0. The zero-order valence-corrected chi connectivity index (χ0v) is 12.9. The van der Waals surface area contributed by atoms with Crippen LogP contribution in [0.3, 0.4) is 0 Å². The van der Waals surface area contributed by atoms with E-state index in [1.54, 1.807) is 0 Å². The van der Waals surface area contributed by atoms with E-state index < -0.39 is 5.97 Å². The fraction of sp³-hybridized carbons (Fsp3) is 0.875. The van der Waals surface area contributed by atoms with Crippen LogP contribution in [-0.2, 0) is 9.59 Å². The Bertz CT molecular complexity index is 391. The number of carboxylic acid groups (broad SMARTS) is 1. The molecule has 20 heavy (non-hydrogen) atoms. The number of amides is 1. The number of carboxylic acids is 1. The second-order valence-electron chi connectivity index (χ2n) is 7.45. The summed E-state index contributed by atoms with van der Waals surface area (Å²) in [5, 5.41) is 9.15. The molecule has 3 unspecified atom stereocenters. The molecule has 1 saturated heterocycles. The van der Waals surface area contributed by atoms with Crippen molar-refractivity contribution in [2.24, 2.45) is 23.2 Å². The standard InChI is InChI=1S/C16H27NO3/c1-11-10-17(8-6-13(11)15(19)20)14(18)12-5-4-7-16(2,3)9-12/h11-13H,4-10H2,1-3H3,(H,19,20). The first kappa shape index (κ1) is 15.3. The topological polar surface area (TPSA) is 57.6 Å². The predicted octanol–water partition coefficient (Wildman–Crippen LogP) is 2.77. The van der Waals surface area contributed by atoms with Crippen LogP contribution in [0.25, 0.3) is 0 Å². The maximum absolute atomic E-state index is 12.6. The summed E-state index contributed by atoms with van der Waals surface area (Å²) in [6.07, 6.45) is 4.89. The van der Waals surface area contributed by atoms with Crippen molar-refractivity contribution in [3.63, 3.8) is 0 Å². The van der Waals surface area contributed by atoms with Crippen molar-refractivity contribution in [3.05, 3.63) is 0 Å². The fourth-order valence-electron chi connectivity index (χ4n) is 3.88. The molecule has 1 aliphatic heterocycles. The molecule has 4 nitrogen and oxygen atoms in total. The molecule has 1 N–H and O–H groups in total. The van der Waals surface area contributed by atoms with E-state index in [1.807, 2.05) is 11.8 Å². The van der Waals surface area contributed by atoms with Gasteiger partial charge in [-0.05, 0) is 37.0 Å².